The third-order valence-electron chi connectivity index (χ3n) is 7.52. The van der Waals surface area contributed by atoms with E-state index in [1.165, 1.54) is 44.3 Å². The van der Waals surface area contributed by atoms with E-state index in [1.807, 2.05) is 6.07 Å². The Morgan fingerprint density at radius 1 is 0.429 bits per heavy atom. The van der Waals surface area contributed by atoms with Gasteiger partial charge in [0.15, 0.2) is 0 Å². The molecule has 0 amide bonds. The number of rotatable bonds is 9. The van der Waals surface area contributed by atoms with Crippen LogP contribution < -0.4 is 4.90 Å². The lowest BCUT2D eigenvalue weighted by atomic mass is 10.0. The van der Waals surface area contributed by atoms with E-state index in [0.29, 0.717) is 0 Å². The number of hydrogen-bond acceptors (Lipinski definition) is 1. The Bertz CT molecular complexity index is 1800. The summed E-state index contributed by atoms with van der Waals surface area (Å²) in [6, 6.07) is 52.0. The number of hydrogen-bond donors (Lipinski definition) is 0. The van der Waals surface area contributed by atoms with Gasteiger partial charge in [-0.05, 0) is 93.5 Å². The Hall–Kier alpha value is -5.14. The summed E-state index contributed by atoms with van der Waals surface area (Å²) in [4.78, 5) is 2.32. The Balaban J connectivity index is 1.19. The maximum absolute atomic E-state index is 2.32. The van der Waals surface area contributed by atoms with Crippen molar-refractivity contribution >= 4 is 52.1 Å². The highest BCUT2D eigenvalue weighted by Gasteiger charge is 2.12. The predicted octanol–water partition coefficient (Wildman–Crippen LogP) is 11.6. The zero-order chi connectivity index (χ0) is 28.6. The summed E-state index contributed by atoms with van der Waals surface area (Å²) in [5.41, 5.74) is 9.62. The van der Waals surface area contributed by atoms with Crippen LogP contribution in [0.1, 0.15) is 41.2 Å². The van der Waals surface area contributed by atoms with Gasteiger partial charge < -0.3 is 4.90 Å². The molecule has 0 bridgehead atoms. The average molecular weight is 542 g/mol. The maximum Gasteiger partial charge on any atom is 0.0462 e. The van der Waals surface area contributed by atoms with Crippen LogP contribution in [0.5, 0.6) is 0 Å². The maximum atomic E-state index is 2.32. The molecule has 0 aliphatic rings. The molecule has 6 aromatic rings. The van der Waals surface area contributed by atoms with E-state index in [0.717, 1.165) is 24.2 Å². The first-order chi connectivity index (χ1) is 20.7. The lowest BCUT2D eigenvalue weighted by molar-refractivity contribution is 0.922. The van der Waals surface area contributed by atoms with E-state index in [-0.39, 0.29) is 0 Å². The minimum absolute atomic E-state index is 1.11. The number of benzene rings is 6. The van der Waals surface area contributed by atoms with Crippen LogP contribution in [-0.2, 0) is 6.42 Å². The van der Waals surface area contributed by atoms with Crippen LogP contribution in [0.4, 0.5) is 17.1 Å². The molecule has 0 aliphatic carbocycles. The normalized spacial score (nSPS) is 11.5. The molecule has 0 fully saturated rings. The molecule has 6 aromatic carbocycles. The summed E-state index contributed by atoms with van der Waals surface area (Å²) in [5, 5.41) is 2.49. The van der Waals surface area contributed by atoms with Gasteiger partial charge in [0.25, 0.3) is 0 Å². The van der Waals surface area contributed by atoms with Crippen molar-refractivity contribution in [3.8, 4) is 0 Å². The second-order valence-corrected chi connectivity index (χ2v) is 10.6. The predicted molar refractivity (Wildman–Crippen MR) is 183 cm³/mol. The number of aryl methyl sites for hydroxylation is 1. The van der Waals surface area contributed by atoms with Crippen molar-refractivity contribution in [2.75, 3.05) is 4.90 Å². The van der Waals surface area contributed by atoms with E-state index < -0.39 is 0 Å². The Labute approximate surface area is 249 Å². The van der Waals surface area contributed by atoms with Gasteiger partial charge in [-0.2, -0.15) is 0 Å². The molecule has 0 saturated carbocycles. The summed E-state index contributed by atoms with van der Waals surface area (Å²) in [6.45, 7) is 2.22. The molecule has 42 heavy (non-hydrogen) atoms. The molecule has 1 nitrogen and oxygen atoms in total. The summed E-state index contributed by atoms with van der Waals surface area (Å²) in [6.07, 6.45) is 11.0. The molecule has 204 valence electrons. The number of fused-ring (bicyclic) bond motifs is 1. The molecule has 6 rings (SSSR count). The summed E-state index contributed by atoms with van der Waals surface area (Å²) < 4.78 is 0. The minimum atomic E-state index is 1.11. The zero-order valence-electron chi connectivity index (χ0n) is 24.0. The monoisotopic (exact) mass is 541 g/mol. The molecular weight excluding hydrogens is 506 g/mol. The third-order valence-corrected chi connectivity index (χ3v) is 7.52. The van der Waals surface area contributed by atoms with Crippen LogP contribution >= 0.6 is 0 Å². The van der Waals surface area contributed by atoms with E-state index in [9.17, 15) is 0 Å². The van der Waals surface area contributed by atoms with Gasteiger partial charge in [-0.3, -0.25) is 0 Å². The van der Waals surface area contributed by atoms with E-state index >= 15 is 0 Å². The third kappa shape index (κ3) is 6.59. The molecule has 0 saturated heterocycles. The lowest BCUT2D eigenvalue weighted by Gasteiger charge is -2.25. The molecule has 0 unspecified atom stereocenters. The fraction of sp³-hybridized carbons (Fsp3) is 0.0732. The van der Waals surface area contributed by atoms with Gasteiger partial charge >= 0.3 is 0 Å². The van der Waals surface area contributed by atoms with Gasteiger partial charge in [-0.15, -0.1) is 0 Å². The summed E-state index contributed by atoms with van der Waals surface area (Å²) in [7, 11) is 0. The molecule has 0 aromatic heterocycles. The molecule has 0 aliphatic heterocycles. The summed E-state index contributed by atoms with van der Waals surface area (Å²) >= 11 is 0. The van der Waals surface area contributed by atoms with Crippen molar-refractivity contribution in [2.45, 2.75) is 19.8 Å². The quantitative estimate of drug-likeness (QED) is 0.165. The van der Waals surface area contributed by atoms with Crippen molar-refractivity contribution in [1.29, 1.82) is 0 Å². The van der Waals surface area contributed by atoms with Crippen LogP contribution in [-0.4, -0.2) is 0 Å². The Kier molecular flexibility index (Phi) is 8.38. The standard InChI is InChI=1S/C41H35N/c1-2-9-32-20-26-40(27-21-32)42(39-12-7-4-8-13-39)41-28-22-34(23-29-41)15-17-36-19-25-37-30-35(18-24-38(37)31-36)16-14-33-10-5-3-6-11-33/h3-8,10-31H,2,9H2,1H3. The smallest absolute Gasteiger partial charge is 0.0462 e. The lowest BCUT2D eigenvalue weighted by Crippen LogP contribution is -2.09. The number of anilines is 3. The highest BCUT2D eigenvalue weighted by Crippen LogP contribution is 2.34. The highest BCUT2D eigenvalue weighted by molar-refractivity contribution is 5.89. The fourth-order valence-electron chi connectivity index (χ4n) is 5.30. The van der Waals surface area contributed by atoms with Gasteiger partial charge in [-0.25, -0.2) is 0 Å². The Morgan fingerprint density at radius 3 is 1.40 bits per heavy atom. The van der Waals surface area contributed by atoms with E-state index in [2.05, 4.69) is 176 Å². The van der Waals surface area contributed by atoms with Gasteiger partial charge in [-0.1, -0.05) is 135 Å². The van der Waals surface area contributed by atoms with Crippen molar-refractivity contribution < 1.29 is 0 Å². The topological polar surface area (TPSA) is 3.24 Å². The van der Waals surface area contributed by atoms with Crippen molar-refractivity contribution in [3.63, 3.8) is 0 Å². The first-order valence-electron chi connectivity index (χ1n) is 14.7. The van der Waals surface area contributed by atoms with Crippen LogP contribution in [0, 0.1) is 0 Å². The molecule has 0 radical (unpaired) electrons. The first-order valence-corrected chi connectivity index (χ1v) is 14.7. The summed E-state index contributed by atoms with van der Waals surface area (Å²) in [5.74, 6) is 0. The minimum Gasteiger partial charge on any atom is -0.311 e. The van der Waals surface area contributed by atoms with Gasteiger partial charge in [0, 0.05) is 17.1 Å². The number of para-hydroxylation sites is 1. The van der Waals surface area contributed by atoms with Crippen LogP contribution in [0.15, 0.2) is 146 Å². The largest absolute Gasteiger partial charge is 0.311 e. The van der Waals surface area contributed by atoms with Gasteiger partial charge in [0.05, 0.1) is 0 Å². The molecule has 1 heteroatoms. The van der Waals surface area contributed by atoms with Gasteiger partial charge in [0.2, 0.25) is 0 Å². The average Bonchev–Trinajstić information content (AvgIpc) is 3.05. The highest BCUT2D eigenvalue weighted by atomic mass is 15.1. The van der Waals surface area contributed by atoms with Crippen molar-refractivity contribution in [1.82, 2.24) is 0 Å². The molecule has 0 spiro atoms. The SMILES string of the molecule is CCCc1ccc(N(c2ccccc2)c2ccc(C=Cc3ccc4cc(C=Cc5ccccc5)ccc4c3)cc2)cc1. The molecule has 0 heterocycles. The first kappa shape index (κ1) is 27.1. The van der Waals surface area contributed by atoms with E-state index in [4.69, 9.17) is 0 Å². The molecular formula is C41H35N. The van der Waals surface area contributed by atoms with Gasteiger partial charge in [0.1, 0.15) is 0 Å². The van der Waals surface area contributed by atoms with Crippen LogP contribution in [0.25, 0.3) is 35.1 Å². The van der Waals surface area contributed by atoms with Crippen LogP contribution in [0.2, 0.25) is 0 Å². The molecule has 0 N–H and O–H groups in total. The number of nitrogens with zero attached hydrogens (tertiary/aromatic N) is 1. The van der Waals surface area contributed by atoms with E-state index in [1.54, 1.807) is 0 Å². The van der Waals surface area contributed by atoms with Crippen molar-refractivity contribution in [3.05, 3.63) is 173 Å². The Morgan fingerprint density at radius 2 is 0.857 bits per heavy atom. The zero-order valence-corrected chi connectivity index (χ0v) is 24.0. The second-order valence-electron chi connectivity index (χ2n) is 10.6. The van der Waals surface area contributed by atoms with Crippen LogP contribution in [0.3, 0.4) is 0 Å². The second kappa shape index (κ2) is 13.0. The fourth-order valence-corrected chi connectivity index (χ4v) is 5.30. The molecule has 0 atom stereocenters. The van der Waals surface area contributed by atoms with Crippen molar-refractivity contribution in [2.24, 2.45) is 0 Å².